The summed E-state index contributed by atoms with van der Waals surface area (Å²) >= 11 is 1.63. The van der Waals surface area contributed by atoms with Gasteiger partial charge in [-0.25, -0.2) is 4.39 Å². The summed E-state index contributed by atoms with van der Waals surface area (Å²) in [6.45, 7) is 3.04. The Morgan fingerprint density at radius 3 is 2.76 bits per heavy atom. The van der Waals surface area contributed by atoms with E-state index in [4.69, 9.17) is 4.74 Å². The molecule has 5 nitrogen and oxygen atoms in total. The molecule has 2 unspecified atom stereocenters. The molecular formula is C27H30FN3O2S. The number of aryl methyl sites for hydroxylation is 1. The van der Waals surface area contributed by atoms with Crippen LogP contribution >= 0.6 is 11.3 Å². The van der Waals surface area contributed by atoms with Gasteiger partial charge < -0.3 is 15.0 Å². The molecule has 0 saturated carbocycles. The van der Waals surface area contributed by atoms with Crippen LogP contribution in [-0.2, 0) is 17.6 Å². The molecule has 1 fully saturated rings. The van der Waals surface area contributed by atoms with Gasteiger partial charge in [0.25, 0.3) is 0 Å². The molecule has 0 bridgehead atoms. The average molecular weight is 480 g/mol. The van der Waals surface area contributed by atoms with Crippen LogP contribution in [0.15, 0.2) is 59.3 Å². The van der Waals surface area contributed by atoms with Crippen LogP contribution in [0.1, 0.15) is 17.5 Å². The minimum atomic E-state index is -0.304. The number of thiophene rings is 1. The lowest BCUT2D eigenvalue weighted by Gasteiger charge is -2.44. The Hall–Kier alpha value is -2.90. The first kappa shape index (κ1) is 22.9. The monoisotopic (exact) mass is 479 g/mol. The maximum atomic E-state index is 13.7. The van der Waals surface area contributed by atoms with E-state index in [-0.39, 0.29) is 23.7 Å². The maximum Gasteiger partial charge on any atom is 0.156 e. The van der Waals surface area contributed by atoms with Crippen molar-refractivity contribution in [3.05, 3.63) is 76.2 Å². The van der Waals surface area contributed by atoms with Gasteiger partial charge >= 0.3 is 0 Å². The highest BCUT2D eigenvalue weighted by molar-refractivity contribution is 7.08. The highest BCUT2D eigenvalue weighted by Gasteiger charge is 2.37. The number of benzene rings is 2. The number of para-hydroxylation sites is 1. The number of carbonyl (C=O) groups excluding carboxylic acids is 1. The fourth-order valence-electron chi connectivity index (χ4n) is 5.23. The predicted octanol–water partition coefficient (Wildman–Crippen LogP) is 4.63. The fourth-order valence-corrected chi connectivity index (χ4v) is 5.90. The Kier molecular flexibility index (Phi) is 6.83. The van der Waals surface area contributed by atoms with Crippen molar-refractivity contribution < 1.29 is 13.9 Å². The second kappa shape index (κ2) is 10.2. The number of piperazine rings is 1. The molecule has 34 heavy (non-hydrogen) atoms. The molecule has 178 valence electrons. The van der Waals surface area contributed by atoms with E-state index in [1.807, 2.05) is 17.5 Å². The number of methoxy groups -OCH3 is 1. The highest BCUT2D eigenvalue weighted by atomic mass is 32.1. The van der Waals surface area contributed by atoms with Gasteiger partial charge in [0.15, 0.2) is 5.78 Å². The standard InChI is InChI=1S/C27H30FN3O2S/c1-33-26-17-21(28)7-9-24(26)30-11-13-31(14-12-30)27(25(32)16-19-10-15-34-18-19)23-8-6-20-4-2-3-5-22(20)29-23/h2-5,7,9-10,15,17-18,23,27,29H,6,8,11-14,16H2,1H3. The number of ether oxygens (including phenoxy) is 1. The van der Waals surface area contributed by atoms with Gasteiger partial charge in [-0.3, -0.25) is 9.69 Å². The first-order valence-electron chi connectivity index (χ1n) is 11.8. The Morgan fingerprint density at radius 1 is 1.18 bits per heavy atom. The molecule has 3 aromatic rings. The number of nitrogens with zero attached hydrogens (tertiary/aromatic N) is 2. The van der Waals surface area contributed by atoms with Gasteiger partial charge in [-0.2, -0.15) is 11.3 Å². The Bertz CT molecular complexity index is 1130. The van der Waals surface area contributed by atoms with Crippen molar-refractivity contribution in [2.75, 3.05) is 43.5 Å². The molecule has 0 amide bonds. The van der Waals surface area contributed by atoms with Crippen molar-refractivity contribution in [2.45, 2.75) is 31.3 Å². The number of hydrogen-bond acceptors (Lipinski definition) is 6. The normalized spacial score (nSPS) is 19.2. The van der Waals surface area contributed by atoms with E-state index < -0.39 is 0 Å². The minimum Gasteiger partial charge on any atom is -0.494 e. The molecule has 2 aliphatic heterocycles. The lowest BCUT2D eigenvalue weighted by Crippen LogP contribution is -2.59. The maximum absolute atomic E-state index is 13.7. The second-order valence-electron chi connectivity index (χ2n) is 9.01. The molecule has 2 aliphatic rings. The van der Waals surface area contributed by atoms with Gasteiger partial charge in [-0.1, -0.05) is 18.2 Å². The summed E-state index contributed by atoms with van der Waals surface area (Å²) in [5.41, 5.74) is 4.44. The molecule has 0 aliphatic carbocycles. The van der Waals surface area contributed by atoms with Crippen molar-refractivity contribution in [3.8, 4) is 5.75 Å². The van der Waals surface area contributed by atoms with E-state index in [2.05, 4.69) is 38.7 Å². The van der Waals surface area contributed by atoms with Gasteiger partial charge in [0.2, 0.25) is 0 Å². The molecule has 3 heterocycles. The van der Waals surface area contributed by atoms with Gasteiger partial charge in [-0.15, -0.1) is 0 Å². The molecule has 1 saturated heterocycles. The number of halogens is 1. The molecule has 0 radical (unpaired) electrons. The third kappa shape index (κ3) is 4.81. The number of anilines is 2. The number of Topliss-reactive ketones (excluding diaryl/α,β-unsaturated/α-hetero) is 1. The van der Waals surface area contributed by atoms with Crippen LogP contribution in [0.25, 0.3) is 0 Å². The van der Waals surface area contributed by atoms with Gasteiger partial charge in [0.1, 0.15) is 11.6 Å². The number of ketones is 1. The molecule has 7 heteroatoms. The Balaban J connectivity index is 1.34. The zero-order chi connectivity index (χ0) is 23.5. The van der Waals surface area contributed by atoms with E-state index in [1.54, 1.807) is 24.5 Å². The van der Waals surface area contributed by atoms with Crippen LogP contribution < -0.4 is 15.0 Å². The number of fused-ring (bicyclic) bond motifs is 1. The topological polar surface area (TPSA) is 44.8 Å². The van der Waals surface area contributed by atoms with Crippen molar-refractivity contribution in [1.82, 2.24) is 4.90 Å². The lowest BCUT2D eigenvalue weighted by atomic mass is 9.89. The van der Waals surface area contributed by atoms with Crippen LogP contribution in [0.5, 0.6) is 5.75 Å². The summed E-state index contributed by atoms with van der Waals surface area (Å²) in [4.78, 5) is 18.2. The second-order valence-corrected chi connectivity index (χ2v) is 9.79. The molecule has 5 rings (SSSR count). The summed E-state index contributed by atoms with van der Waals surface area (Å²) in [6.07, 6.45) is 2.37. The number of rotatable bonds is 7. The first-order chi connectivity index (χ1) is 16.6. The van der Waals surface area contributed by atoms with Crippen LogP contribution in [0.2, 0.25) is 0 Å². The van der Waals surface area contributed by atoms with E-state index in [9.17, 15) is 9.18 Å². The summed E-state index contributed by atoms with van der Waals surface area (Å²) in [7, 11) is 1.57. The largest absolute Gasteiger partial charge is 0.494 e. The summed E-state index contributed by atoms with van der Waals surface area (Å²) < 4.78 is 19.1. The summed E-state index contributed by atoms with van der Waals surface area (Å²) in [6, 6.07) is 15.0. The van der Waals surface area contributed by atoms with Gasteiger partial charge in [0.05, 0.1) is 18.8 Å². The Labute approximate surface area is 204 Å². The molecule has 2 aromatic carbocycles. The zero-order valence-corrected chi connectivity index (χ0v) is 20.2. The SMILES string of the molecule is COc1cc(F)ccc1N1CCN(C(C(=O)Cc2ccsc2)C2CCc3ccccc3N2)CC1. The van der Waals surface area contributed by atoms with Crippen LogP contribution in [0.4, 0.5) is 15.8 Å². The minimum absolute atomic E-state index is 0.0768. The summed E-state index contributed by atoms with van der Waals surface area (Å²) in [5, 5.41) is 7.78. The molecular weight excluding hydrogens is 449 g/mol. The van der Waals surface area contributed by atoms with E-state index in [0.717, 1.165) is 56.0 Å². The highest BCUT2D eigenvalue weighted by Crippen LogP contribution is 2.32. The predicted molar refractivity (Wildman–Crippen MR) is 136 cm³/mol. The molecule has 1 N–H and O–H groups in total. The first-order valence-corrected chi connectivity index (χ1v) is 12.8. The molecule has 1 aromatic heterocycles. The van der Waals surface area contributed by atoms with Crippen molar-refractivity contribution in [1.29, 1.82) is 0 Å². The fraction of sp³-hybridized carbons (Fsp3) is 0.370. The third-order valence-corrected chi connectivity index (χ3v) is 7.67. The van der Waals surface area contributed by atoms with Crippen LogP contribution in [-0.4, -0.2) is 56.1 Å². The summed E-state index contributed by atoms with van der Waals surface area (Å²) in [5.74, 6) is 0.508. The van der Waals surface area contributed by atoms with Crippen molar-refractivity contribution in [3.63, 3.8) is 0 Å². The molecule has 0 spiro atoms. The number of hydrogen-bond donors (Lipinski definition) is 1. The zero-order valence-electron chi connectivity index (χ0n) is 19.4. The Morgan fingerprint density at radius 2 is 2.00 bits per heavy atom. The number of carbonyl (C=O) groups is 1. The van der Waals surface area contributed by atoms with Gasteiger partial charge in [-0.05, 0) is 59.0 Å². The smallest absolute Gasteiger partial charge is 0.156 e. The molecule has 2 atom stereocenters. The van der Waals surface area contributed by atoms with Crippen molar-refractivity contribution in [2.24, 2.45) is 0 Å². The van der Waals surface area contributed by atoms with Crippen molar-refractivity contribution >= 4 is 28.5 Å². The van der Waals surface area contributed by atoms with Crippen LogP contribution in [0.3, 0.4) is 0 Å². The van der Waals surface area contributed by atoms with Gasteiger partial charge in [0, 0.05) is 50.4 Å². The number of nitrogens with one attached hydrogen (secondary N) is 1. The average Bonchev–Trinajstić information content (AvgIpc) is 3.37. The van der Waals surface area contributed by atoms with E-state index in [0.29, 0.717) is 12.2 Å². The van der Waals surface area contributed by atoms with E-state index in [1.165, 1.54) is 17.7 Å². The lowest BCUT2D eigenvalue weighted by molar-refractivity contribution is -0.124. The van der Waals surface area contributed by atoms with E-state index >= 15 is 0 Å². The third-order valence-electron chi connectivity index (χ3n) is 6.94. The quantitative estimate of drug-likeness (QED) is 0.536. The van der Waals surface area contributed by atoms with Crippen LogP contribution in [0, 0.1) is 5.82 Å².